The van der Waals surface area contributed by atoms with Crippen molar-refractivity contribution in [3.63, 3.8) is 0 Å². The van der Waals surface area contributed by atoms with Gasteiger partial charge in [0.05, 0.1) is 17.2 Å². The van der Waals surface area contributed by atoms with Crippen LogP contribution in [-0.4, -0.2) is 22.3 Å². The fourth-order valence-corrected chi connectivity index (χ4v) is 4.00. The van der Waals surface area contributed by atoms with Gasteiger partial charge in [-0.25, -0.2) is 9.37 Å². The Kier molecular flexibility index (Phi) is 5.06. The highest BCUT2D eigenvalue weighted by atomic mass is 32.1. The molecule has 5 heteroatoms. The van der Waals surface area contributed by atoms with Crippen molar-refractivity contribution < 1.29 is 9.18 Å². The average molecular weight is 332 g/mol. The number of hydrogen-bond donors (Lipinski definition) is 0. The van der Waals surface area contributed by atoms with E-state index in [1.807, 2.05) is 23.4 Å². The van der Waals surface area contributed by atoms with Gasteiger partial charge in [0.25, 0.3) is 0 Å². The van der Waals surface area contributed by atoms with Crippen LogP contribution in [0.5, 0.6) is 0 Å². The molecule has 0 N–H and O–H groups in total. The van der Waals surface area contributed by atoms with Crippen molar-refractivity contribution in [2.45, 2.75) is 45.1 Å². The van der Waals surface area contributed by atoms with Gasteiger partial charge in [0, 0.05) is 17.8 Å². The van der Waals surface area contributed by atoms with E-state index in [4.69, 9.17) is 0 Å². The van der Waals surface area contributed by atoms with E-state index >= 15 is 0 Å². The SMILES string of the molecule is Cc1ncsc1CCC(=O)N1CCCC[C@H]1c1cccc(F)c1. The summed E-state index contributed by atoms with van der Waals surface area (Å²) in [5, 5.41) is 0. The number of nitrogens with zero attached hydrogens (tertiary/aromatic N) is 2. The first-order valence-electron chi connectivity index (χ1n) is 8.09. The van der Waals surface area contributed by atoms with Crippen LogP contribution in [0.1, 0.15) is 47.9 Å². The summed E-state index contributed by atoms with van der Waals surface area (Å²) in [5.41, 5.74) is 3.75. The van der Waals surface area contributed by atoms with Gasteiger partial charge in [-0.1, -0.05) is 12.1 Å². The lowest BCUT2D eigenvalue weighted by Gasteiger charge is -2.36. The number of piperidine rings is 1. The second kappa shape index (κ2) is 7.21. The van der Waals surface area contributed by atoms with Crippen molar-refractivity contribution in [2.75, 3.05) is 6.54 Å². The van der Waals surface area contributed by atoms with Crippen LogP contribution in [0.3, 0.4) is 0 Å². The van der Waals surface area contributed by atoms with Gasteiger partial charge in [-0.3, -0.25) is 4.79 Å². The van der Waals surface area contributed by atoms with Gasteiger partial charge < -0.3 is 4.90 Å². The molecule has 1 aliphatic rings. The normalized spacial score (nSPS) is 18.2. The zero-order valence-corrected chi connectivity index (χ0v) is 14.1. The van der Waals surface area contributed by atoms with Crippen LogP contribution in [0.25, 0.3) is 0 Å². The van der Waals surface area contributed by atoms with Gasteiger partial charge in [0.2, 0.25) is 5.91 Å². The van der Waals surface area contributed by atoms with E-state index in [1.165, 1.54) is 10.9 Å². The van der Waals surface area contributed by atoms with Crippen LogP contribution in [0.2, 0.25) is 0 Å². The molecule has 0 spiro atoms. The van der Waals surface area contributed by atoms with Crippen LogP contribution in [0.15, 0.2) is 29.8 Å². The molecule has 2 heterocycles. The predicted molar refractivity (Wildman–Crippen MR) is 89.9 cm³/mol. The molecule has 0 unspecified atom stereocenters. The standard InChI is InChI=1S/C18H21FN2OS/c1-13-17(23-12-20-13)8-9-18(22)21-10-3-2-7-16(21)14-5-4-6-15(19)11-14/h4-6,11-12,16H,2-3,7-10H2,1H3/t16-/m0/s1. The molecule has 1 aromatic heterocycles. The fourth-order valence-electron chi connectivity index (χ4n) is 3.22. The lowest BCUT2D eigenvalue weighted by atomic mass is 9.94. The van der Waals surface area contributed by atoms with E-state index in [0.29, 0.717) is 6.42 Å². The predicted octanol–water partition coefficient (Wildman–Crippen LogP) is 4.28. The lowest BCUT2D eigenvalue weighted by Crippen LogP contribution is -2.38. The van der Waals surface area contributed by atoms with Crippen LogP contribution in [-0.2, 0) is 11.2 Å². The zero-order valence-electron chi connectivity index (χ0n) is 13.3. The Hall–Kier alpha value is -1.75. The molecule has 23 heavy (non-hydrogen) atoms. The number of hydrogen-bond acceptors (Lipinski definition) is 3. The molecule has 0 aliphatic carbocycles. The highest BCUT2D eigenvalue weighted by Crippen LogP contribution is 2.32. The summed E-state index contributed by atoms with van der Waals surface area (Å²) in [6, 6.07) is 6.67. The van der Waals surface area contributed by atoms with E-state index in [0.717, 1.165) is 43.5 Å². The maximum atomic E-state index is 13.5. The molecule has 1 amide bonds. The maximum absolute atomic E-state index is 13.5. The minimum absolute atomic E-state index is 0.00880. The first-order valence-corrected chi connectivity index (χ1v) is 8.97. The highest BCUT2D eigenvalue weighted by molar-refractivity contribution is 7.09. The molecule has 2 aromatic rings. The summed E-state index contributed by atoms with van der Waals surface area (Å²) in [5.74, 6) is -0.0764. The van der Waals surface area contributed by atoms with E-state index in [-0.39, 0.29) is 17.8 Å². The monoisotopic (exact) mass is 332 g/mol. The summed E-state index contributed by atoms with van der Waals surface area (Å²) in [6.45, 7) is 2.74. The van der Waals surface area contributed by atoms with E-state index in [1.54, 1.807) is 23.5 Å². The van der Waals surface area contributed by atoms with Crippen molar-refractivity contribution in [1.29, 1.82) is 0 Å². The lowest BCUT2D eigenvalue weighted by molar-refractivity contribution is -0.135. The van der Waals surface area contributed by atoms with E-state index < -0.39 is 0 Å². The third-order valence-electron chi connectivity index (χ3n) is 4.47. The second-order valence-electron chi connectivity index (χ2n) is 6.01. The minimum atomic E-state index is -0.235. The van der Waals surface area contributed by atoms with Gasteiger partial charge in [-0.05, 0) is 50.3 Å². The van der Waals surface area contributed by atoms with Gasteiger partial charge in [-0.2, -0.15) is 0 Å². The molecule has 0 saturated carbocycles. The Morgan fingerprint density at radius 1 is 1.43 bits per heavy atom. The zero-order chi connectivity index (χ0) is 16.2. The summed E-state index contributed by atoms with van der Waals surface area (Å²) in [7, 11) is 0. The number of amides is 1. The molecular formula is C18H21FN2OS. The number of benzene rings is 1. The minimum Gasteiger partial charge on any atom is -0.336 e. The first-order chi connectivity index (χ1) is 11.1. The summed E-state index contributed by atoms with van der Waals surface area (Å²) >= 11 is 1.61. The molecule has 1 fully saturated rings. The highest BCUT2D eigenvalue weighted by Gasteiger charge is 2.28. The third-order valence-corrected chi connectivity index (χ3v) is 5.46. The van der Waals surface area contributed by atoms with Crippen LogP contribution < -0.4 is 0 Å². The van der Waals surface area contributed by atoms with Gasteiger partial charge in [-0.15, -0.1) is 11.3 Å². The molecule has 1 saturated heterocycles. The number of thiazole rings is 1. The van der Waals surface area contributed by atoms with Crippen molar-refractivity contribution in [3.05, 3.63) is 51.7 Å². The third kappa shape index (κ3) is 3.78. The Balaban J connectivity index is 1.70. The van der Waals surface area contributed by atoms with Crippen LogP contribution in [0.4, 0.5) is 4.39 Å². The van der Waals surface area contributed by atoms with Gasteiger partial charge in [0.15, 0.2) is 0 Å². The molecular weight excluding hydrogens is 311 g/mol. The van der Waals surface area contributed by atoms with Crippen LogP contribution in [0, 0.1) is 12.7 Å². The molecule has 1 atom stereocenters. The number of aryl methyl sites for hydroxylation is 2. The Morgan fingerprint density at radius 3 is 3.04 bits per heavy atom. The van der Waals surface area contributed by atoms with Gasteiger partial charge >= 0.3 is 0 Å². The second-order valence-corrected chi connectivity index (χ2v) is 6.95. The molecule has 0 bridgehead atoms. The van der Waals surface area contributed by atoms with E-state index in [9.17, 15) is 9.18 Å². The Morgan fingerprint density at radius 2 is 2.30 bits per heavy atom. The molecule has 0 radical (unpaired) electrons. The maximum Gasteiger partial charge on any atom is 0.223 e. The Bertz CT molecular complexity index is 685. The van der Waals surface area contributed by atoms with Gasteiger partial charge in [0.1, 0.15) is 5.82 Å². The number of rotatable bonds is 4. The number of likely N-dealkylation sites (tertiary alicyclic amines) is 1. The topological polar surface area (TPSA) is 33.2 Å². The Labute approximate surface area is 140 Å². The van der Waals surface area contributed by atoms with Crippen molar-refractivity contribution in [1.82, 2.24) is 9.88 Å². The molecule has 3 rings (SSSR count). The number of carbonyl (C=O) groups is 1. The molecule has 122 valence electrons. The fraction of sp³-hybridized carbons (Fsp3) is 0.444. The molecule has 3 nitrogen and oxygen atoms in total. The largest absolute Gasteiger partial charge is 0.336 e. The van der Waals surface area contributed by atoms with E-state index in [2.05, 4.69) is 4.98 Å². The van der Waals surface area contributed by atoms with Crippen molar-refractivity contribution >= 4 is 17.2 Å². The number of carbonyl (C=O) groups excluding carboxylic acids is 1. The smallest absolute Gasteiger partial charge is 0.223 e. The first kappa shape index (κ1) is 16.1. The summed E-state index contributed by atoms with van der Waals surface area (Å²) < 4.78 is 13.5. The summed E-state index contributed by atoms with van der Waals surface area (Å²) in [6.07, 6.45) is 4.25. The number of aromatic nitrogens is 1. The summed E-state index contributed by atoms with van der Waals surface area (Å²) in [4.78, 5) is 20.0. The quantitative estimate of drug-likeness (QED) is 0.837. The number of halogens is 1. The van der Waals surface area contributed by atoms with Crippen LogP contribution >= 0.6 is 11.3 Å². The van der Waals surface area contributed by atoms with Crippen molar-refractivity contribution in [2.24, 2.45) is 0 Å². The van der Waals surface area contributed by atoms with Crippen molar-refractivity contribution in [3.8, 4) is 0 Å². The molecule has 1 aliphatic heterocycles. The average Bonchev–Trinajstić information content (AvgIpc) is 2.98. The molecule has 1 aromatic carbocycles.